The molecule has 1 amide bonds. The van der Waals surface area contributed by atoms with Gasteiger partial charge >= 0.3 is 0 Å². The maximum absolute atomic E-state index is 12.2. The number of hydrogen-bond acceptors (Lipinski definition) is 3. The highest BCUT2D eigenvalue weighted by atomic mass is 16.3. The summed E-state index contributed by atoms with van der Waals surface area (Å²) < 4.78 is 1.76. The Labute approximate surface area is 120 Å². The molecule has 5 heteroatoms. The topological polar surface area (TPSA) is 67.2 Å². The molecule has 3 atom stereocenters. The second-order valence-corrected chi connectivity index (χ2v) is 5.98. The zero-order valence-corrected chi connectivity index (χ0v) is 12.6. The van der Waals surface area contributed by atoms with Crippen LogP contribution in [0.3, 0.4) is 0 Å². The van der Waals surface area contributed by atoms with Crippen molar-refractivity contribution < 1.29 is 9.90 Å². The molecule has 1 aromatic rings. The lowest BCUT2D eigenvalue weighted by Crippen LogP contribution is -2.37. The molecule has 3 unspecified atom stereocenters. The Kier molecular flexibility index (Phi) is 4.81. The molecule has 1 saturated carbocycles. The molecule has 0 aliphatic heterocycles. The van der Waals surface area contributed by atoms with Crippen LogP contribution in [0.25, 0.3) is 0 Å². The Morgan fingerprint density at radius 3 is 2.90 bits per heavy atom. The van der Waals surface area contributed by atoms with Crippen LogP contribution in [0, 0.1) is 19.8 Å². The summed E-state index contributed by atoms with van der Waals surface area (Å²) in [6.07, 6.45) is 3.64. The van der Waals surface area contributed by atoms with E-state index in [1.807, 2.05) is 26.8 Å². The lowest BCUT2D eigenvalue weighted by Gasteiger charge is -2.26. The number of rotatable bonds is 4. The molecule has 2 rings (SSSR count). The van der Waals surface area contributed by atoms with E-state index < -0.39 is 0 Å². The zero-order valence-electron chi connectivity index (χ0n) is 12.6. The quantitative estimate of drug-likeness (QED) is 0.882. The van der Waals surface area contributed by atoms with Crippen molar-refractivity contribution in [3.05, 3.63) is 17.5 Å². The van der Waals surface area contributed by atoms with E-state index in [4.69, 9.17) is 0 Å². The highest BCUT2D eigenvalue weighted by Crippen LogP contribution is 2.23. The predicted molar refractivity (Wildman–Crippen MR) is 77.4 cm³/mol. The summed E-state index contributed by atoms with van der Waals surface area (Å²) in [6, 6.07) is 1.68. The average molecular weight is 279 g/mol. The van der Waals surface area contributed by atoms with Crippen LogP contribution >= 0.6 is 0 Å². The van der Waals surface area contributed by atoms with Gasteiger partial charge in [0.25, 0.3) is 0 Å². The maximum atomic E-state index is 12.2. The van der Waals surface area contributed by atoms with E-state index >= 15 is 0 Å². The highest BCUT2D eigenvalue weighted by molar-refractivity contribution is 5.79. The number of amides is 1. The molecule has 0 aromatic carbocycles. The number of aryl methyl sites for hydroxylation is 2. The molecule has 0 spiro atoms. The van der Waals surface area contributed by atoms with Gasteiger partial charge in [-0.25, -0.2) is 0 Å². The van der Waals surface area contributed by atoms with Gasteiger partial charge in [0.1, 0.15) is 6.04 Å². The first kappa shape index (κ1) is 15.0. The summed E-state index contributed by atoms with van der Waals surface area (Å²) in [5, 5.41) is 17.0. The van der Waals surface area contributed by atoms with Gasteiger partial charge in [-0.1, -0.05) is 6.42 Å². The normalized spacial score (nSPS) is 24.4. The van der Waals surface area contributed by atoms with E-state index in [0.717, 1.165) is 37.1 Å². The van der Waals surface area contributed by atoms with Gasteiger partial charge < -0.3 is 10.4 Å². The predicted octanol–water partition coefficient (Wildman–Crippen LogP) is 1.73. The van der Waals surface area contributed by atoms with Crippen molar-refractivity contribution in [2.24, 2.45) is 5.92 Å². The smallest absolute Gasteiger partial charge is 0.244 e. The second kappa shape index (κ2) is 6.39. The third-order valence-corrected chi connectivity index (χ3v) is 4.11. The molecule has 1 fully saturated rings. The Morgan fingerprint density at radius 1 is 1.55 bits per heavy atom. The van der Waals surface area contributed by atoms with Crippen molar-refractivity contribution in [3.63, 3.8) is 0 Å². The standard InChI is InChI=1S/C15H25N3O2/c1-10-7-11(2)18(17-10)12(3)15(20)16-9-13-5-4-6-14(19)8-13/h7,12-14,19H,4-6,8-9H2,1-3H3,(H,16,20). The number of carbonyl (C=O) groups is 1. The molecule has 20 heavy (non-hydrogen) atoms. The number of aliphatic hydroxyl groups is 1. The Hall–Kier alpha value is -1.36. The van der Waals surface area contributed by atoms with Crippen LogP contribution in [-0.2, 0) is 4.79 Å². The minimum absolute atomic E-state index is 0.00346. The van der Waals surface area contributed by atoms with Gasteiger partial charge in [-0.15, -0.1) is 0 Å². The van der Waals surface area contributed by atoms with Crippen LogP contribution in [-0.4, -0.2) is 33.4 Å². The van der Waals surface area contributed by atoms with E-state index in [1.54, 1.807) is 4.68 Å². The van der Waals surface area contributed by atoms with Crippen molar-refractivity contribution in [2.75, 3.05) is 6.54 Å². The number of hydrogen-bond donors (Lipinski definition) is 2. The Balaban J connectivity index is 1.86. The molecule has 0 radical (unpaired) electrons. The van der Waals surface area contributed by atoms with Crippen LogP contribution in [0.15, 0.2) is 6.07 Å². The van der Waals surface area contributed by atoms with Gasteiger partial charge in [-0.3, -0.25) is 9.48 Å². The summed E-state index contributed by atoms with van der Waals surface area (Å²) in [6.45, 7) is 6.41. The first-order chi connectivity index (χ1) is 9.47. The molecule has 1 aliphatic carbocycles. The average Bonchev–Trinajstić information content (AvgIpc) is 2.74. The van der Waals surface area contributed by atoms with Crippen molar-refractivity contribution in [3.8, 4) is 0 Å². The molecular weight excluding hydrogens is 254 g/mol. The van der Waals surface area contributed by atoms with E-state index in [0.29, 0.717) is 12.5 Å². The SMILES string of the molecule is Cc1cc(C)n(C(C)C(=O)NCC2CCCC(O)C2)n1. The Bertz CT molecular complexity index is 470. The second-order valence-electron chi connectivity index (χ2n) is 5.98. The summed E-state index contributed by atoms with van der Waals surface area (Å²) in [5.41, 5.74) is 1.93. The van der Waals surface area contributed by atoms with Crippen molar-refractivity contribution in [1.29, 1.82) is 0 Å². The van der Waals surface area contributed by atoms with E-state index in [-0.39, 0.29) is 18.1 Å². The summed E-state index contributed by atoms with van der Waals surface area (Å²) in [7, 11) is 0. The number of nitrogens with one attached hydrogen (secondary N) is 1. The van der Waals surface area contributed by atoms with Crippen LogP contribution in [0.1, 0.15) is 50.0 Å². The molecule has 5 nitrogen and oxygen atoms in total. The molecule has 0 saturated heterocycles. The van der Waals surface area contributed by atoms with Crippen LogP contribution < -0.4 is 5.32 Å². The zero-order chi connectivity index (χ0) is 14.7. The monoisotopic (exact) mass is 279 g/mol. The third kappa shape index (κ3) is 3.60. The van der Waals surface area contributed by atoms with Gasteiger partial charge in [0, 0.05) is 12.2 Å². The minimum atomic E-state index is -0.294. The van der Waals surface area contributed by atoms with Crippen molar-refractivity contribution in [1.82, 2.24) is 15.1 Å². The Morgan fingerprint density at radius 2 is 2.30 bits per heavy atom. The molecule has 0 bridgehead atoms. The largest absolute Gasteiger partial charge is 0.393 e. The van der Waals surface area contributed by atoms with Gasteiger partial charge in [0.15, 0.2) is 0 Å². The van der Waals surface area contributed by atoms with Crippen molar-refractivity contribution >= 4 is 5.91 Å². The minimum Gasteiger partial charge on any atom is -0.393 e. The van der Waals surface area contributed by atoms with Crippen LogP contribution in [0.5, 0.6) is 0 Å². The molecule has 1 aliphatic rings. The summed E-state index contributed by atoms with van der Waals surface area (Å²) in [5.74, 6) is 0.395. The van der Waals surface area contributed by atoms with Gasteiger partial charge in [-0.05, 0) is 52.0 Å². The maximum Gasteiger partial charge on any atom is 0.244 e. The van der Waals surface area contributed by atoms with E-state index in [1.165, 1.54) is 0 Å². The first-order valence-electron chi connectivity index (χ1n) is 7.46. The van der Waals surface area contributed by atoms with Crippen LogP contribution in [0.2, 0.25) is 0 Å². The number of nitrogens with zero attached hydrogens (tertiary/aromatic N) is 2. The van der Waals surface area contributed by atoms with Gasteiger partial charge in [0.2, 0.25) is 5.91 Å². The fourth-order valence-corrected chi connectivity index (χ4v) is 2.99. The summed E-state index contributed by atoms with van der Waals surface area (Å²) >= 11 is 0. The number of aliphatic hydroxyl groups excluding tert-OH is 1. The fourth-order valence-electron chi connectivity index (χ4n) is 2.99. The fraction of sp³-hybridized carbons (Fsp3) is 0.733. The lowest BCUT2D eigenvalue weighted by molar-refractivity contribution is -0.124. The number of aromatic nitrogens is 2. The van der Waals surface area contributed by atoms with Crippen molar-refractivity contribution in [2.45, 2.75) is 58.6 Å². The summed E-state index contributed by atoms with van der Waals surface area (Å²) in [4.78, 5) is 12.2. The third-order valence-electron chi connectivity index (χ3n) is 4.11. The lowest BCUT2D eigenvalue weighted by atomic mass is 9.87. The van der Waals surface area contributed by atoms with E-state index in [9.17, 15) is 9.90 Å². The number of carbonyl (C=O) groups excluding carboxylic acids is 1. The molecule has 1 aromatic heterocycles. The molecule has 2 N–H and O–H groups in total. The van der Waals surface area contributed by atoms with Gasteiger partial charge in [-0.2, -0.15) is 5.10 Å². The van der Waals surface area contributed by atoms with E-state index in [2.05, 4.69) is 10.4 Å². The molecular formula is C15H25N3O2. The van der Waals surface area contributed by atoms with Gasteiger partial charge in [0.05, 0.1) is 11.8 Å². The highest BCUT2D eigenvalue weighted by Gasteiger charge is 2.22. The first-order valence-corrected chi connectivity index (χ1v) is 7.46. The molecule has 1 heterocycles. The van der Waals surface area contributed by atoms with Crippen LogP contribution in [0.4, 0.5) is 0 Å². The molecule has 112 valence electrons.